The van der Waals surface area contributed by atoms with Gasteiger partial charge in [-0.1, -0.05) is 29.3 Å². The Morgan fingerprint density at radius 3 is 2.18 bits per heavy atom. The number of nitrogens with zero attached hydrogens (tertiary/aromatic N) is 1. The summed E-state index contributed by atoms with van der Waals surface area (Å²) in [5.41, 5.74) is 0. The predicted molar refractivity (Wildman–Crippen MR) is 55.0 cm³/mol. The van der Waals surface area contributed by atoms with E-state index in [1.807, 2.05) is 0 Å². The summed E-state index contributed by atoms with van der Waals surface area (Å²) in [5, 5.41) is 0. The van der Waals surface area contributed by atoms with Crippen molar-refractivity contribution >= 4 is 22.1 Å². The molecule has 0 bridgehead atoms. The maximum Gasteiger partial charge on any atom is 0.153 e. The first-order chi connectivity index (χ1) is 5.24. The van der Waals surface area contributed by atoms with E-state index in [0.29, 0.717) is 4.83 Å². The Kier molecular flexibility index (Phi) is 6.93. The zero-order valence-corrected chi connectivity index (χ0v) is 9.39. The van der Waals surface area contributed by atoms with Crippen molar-refractivity contribution in [2.24, 2.45) is 0 Å². The molecule has 0 spiro atoms. The van der Waals surface area contributed by atoms with Crippen LogP contribution in [-0.4, -0.2) is 28.7 Å². The van der Waals surface area contributed by atoms with E-state index in [1.165, 1.54) is 12.8 Å². The normalized spacial score (nSPS) is 12.7. The van der Waals surface area contributed by atoms with Crippen LogP contribution in [0.5, 0.6) is 0 Å². The molecule has 0 radical (unpaired) electrons. The second kappa shape index (κ2) is 6.84. The van der Waals surface area contributed by atoms with Gasteiger partial charge in [0.1, 0.15) is 13.1 Å². The summed E-state index contributed by atoms with van der Waals surface area (Å²) in [6.45, 7) is 8.81. The highest BCUT2D eigenvalue weighted by Crippen LogP contribution is 2.04. The minimum absolute atomic E-state index is 0.562. The Balaban J connectivity index is 3.81. The molecule has 2 heteroatoms. The molecule has 0 aromatic carbocycles. The van der Waals surface area contributed by atoms with Gasteiger partial charge in [0.15, 0.2) is 6.21 Å². The number of alkyl halides is 1. The molecule has 11 heavy (non-hydrogen) atoms. The number of hydrogen-bond acceptors (Lipinski definition) is 0. The van der Waals surface area contributed by atoms with Crippen LogP contribution >= 0.6 is 15.9 Å². The van der Waals surface area contributed by atoms with Crippen molar-refractivity contribution in [3.05, 3.63) is 0 Å². The van der Waals surface area contributed by atoms with Crippen LogP contribution in [0.25, 0.3) is 0 Å². The third kappa shape index (κ3) is 5.42. The van der Waals surface area contributed by atoms with Gasteiger partial charge in [0, 0.05) is 0 Å². The van der Waals surface area contributed by atoms with Crippen LogP contribution in [0, 0.1) is 0 Å². The van der Waals surface area contributed by atoms with E-state index in [9.17, 15) is 0 Å². The molecule has 0 aromatic rings. The topological polar surface area (TPSA) is 3.01 Å². The first-order valence-electron chi connectivity index (χ1n) is 4.47. The van der Waals surface area contributed by atoms with Crippen LogP contribution in [0.3, 0.4) is 0 Å². The first kappa shape index (κ1) is 11.2. The minimum Gasteiger partial charge on any atom is -0.239 e. The Labute approximate surface area is 78.6 Å². The molecular formula is C9H19BrN+. The van der Waals surface area contributed by atoms with E-state index in [4.69, 9.17) is 0 Å². The minimum atomic E-state index is 0.562. The van der Waals surface area contributed by atoms with Crippen LogP contribution in [0.15, 0.2) is 0 Å². The highest BCUT2D eigenvalue weighted by molar-refractivity contribution is 9.09. The summed E-state index contributed by atoms with van der Waals surface area (Å²) in [6.07, 6.45) is 4.76. The fourth-order valence-corrected chi connectivity index (χ4v) is 1.81. The molecule has 0 saturated heterocycles. The third-order valence-corrected chi connectivity index (χ3v) is 2.44. The smallest absolute Gasteiger partial charge is 0.153 e. The van der Waals surface area contributed by atoms with Crippen LogP contribution < -0.4 is 0 Å². The molecule has 66 valence electrons. The van der Waals surface area contributed by atoms with E-state index < -0.39 is 0 Å². The molecular weight excluding hydrogens is 202 g/mol. The molecule has 0 fully saturated rings. The van der Waals surface area contributed by atoms with Crippen molar-refractivity contribution in [2.45, 2.75) is 38.4 Å². The van der Waals surface area contributed by atoms with Gasteiger partial charge in [0.2, 0.25) is 0 Å². The summed E-state index contributed by atoms with van der Waals surface area (Å²) in [5.74, 6) is 0. The molecule has 0 saturated carbocycles. The maximum atomic E-state index is 3.62. The molecule has 0 rings (SSSR count). The first-order valence-corrected chi connectivity index (χ1v) is 5.39. The van der Waals surface area contributed by atoms with E-state index in [-0.39, 0.29) is 0 Å². The lowest BCUT2D eigenvalue weighted by Gasteiger charge is -2.01. The van der Waals surface area contributed by atoms with Crippen LogP contribution in [-0.2, 0) is 0 Å². The van der Waals surface area contributed by atoms with Gasteiger partial charge in [-0.2, -0.15) is 0 Å². The summed E-state index contributed by atoms with van der Waals surface area (Å²) in [4.78, 5) is 0.562. The van der Waals surface area contributed by atoms with Crippen molar-refractivity contribution < 1.29 is 4.58 Å². The zero-order chi connectivity index (χ0) is 8.69. The maximum absolute atomic E-state index is 3.62. The second-order valence-corrected chi connectivity index (χ2v) is 3.85. The van der Waals surface area contributed by atoms with E-state index in [0.717, 1.165) is 13.1 Å². The van der Waals surface area contributed by atoms with Crippen molar-refractivity contribution in [3.8, 4) is 0 Å². The molecule has 1 unspecified atom stereocenters. The van der Waals surface area contributed by atoms with Crippen LogP contribution in [0.2, 0.25) is 0 Å². The summed E-state index contributed by atoms with van der Waals surface area (Å²) >= 11 is 3.62. The molecule has 1 nitrogen and oxygen atoms in total. The van der Waals surface area contributed by atoms with Gasteiger partial charge in [-0.25, -0.2) is 4.58 Å². The molecule has 0 aliphatic heterocycles. The number of rotatable bonds is 5. The zero-order valence-electron chi connectivity index (χ0n) is 7.81. The quantitative estimate of drug-likeness (QED) is 0.381. The highest BCUT2D eigenvalue weighted by Gasteiger charge is 2.04. The van der Waals surface area contributed by atoms with Crippen LogP contribution in [0.4, 0.5) is 0 Å². The van der Waals surface area contributed by atoms with Gasteiger partial charge in [0.05, 0.1) is 4.83 Å². The van der Waals surface area contributed by atoms with Crippen molar-refractivity contribution in [1.82, 2.24) is 0 Å². The predicted octanol–water partition coefficient (Wildman–Crippen LogP) is 2.67. The average Bonchev–Trinajstić information content (AvgIpc) is 2.01. The molecule has 0 aromatic heterocycles. The summed E-state index contributed by atoms with van der Waals surface area (Å²) in [6, 6.07) is 0. The SMILES string of the molecule is CCCC(Br)C=[N+](CC)CC. The van der Waals surface area contributed by atoms with Gasteiger partial charge in [0.25, 0.3) is 0 Å². The Bertz CT molecular complexity index is 115. The van der Waals surface area contributed by atoms with Gasteiger partial charge in [-0.15, -0.1) is 0 Å². The fourth-order valence-electron chi connectivity index (χ4n) is 1.01. The van der Waals surface area contributed by atoms with Crippen molar-refractivity contribution in [3.63, 3.8) is 0 Å². The number of hydrogen-bond donors (Lipinski definition) is 0. The largest absolute Gasteiger partial charge is 0.239 e. The Morgan fingerprint density at radius 2 is 1.82 bits per heavy atom. The van der Waals surface area contributed by atoms with Crippen molar-refractivity contribution in [2.75, 3.05) is 13.1 Å². The third-order valence-electron chi connectivity index (χ3n) is 1.75. The molecule has 0 heterocycles. The monoisotopic (exact) mass is 220 g/mol. The van der Waals surface area contributed by atoms with E-state index >= 15 is 0 Å². The lowest BCUT2D eigenvalue weighted by molar-refractivity contribution is -0.516. The Hall–Kier alpha value is 0.150. The molecule has 0 aliphatic rings. The van der Waals surface area contributed by atoms with Crippen LogP contribution in [0.1, 0.15) is 33.6 Å². The Morgan fingerprint density at radius 1 is 1.27 bits per heavy atom. The summed E-state index contributed by atoms with van der Waals surface area (Å²) in [7, 11) is 0. The summed E-state index contributed by atoms with van der Waals surface area (Å²) < 4.78 is 2.33. The lowest BCUT2D eigenvalue weighted by Crippen LogP contribution is -2.17. The molecule has 1 atom stereocenters. The second-order valence-electron chi connectivity index (χ2n) is 2.67. The molecule has 0 N–H and O–H groups in total. The van der Waals surface area contributed by atoms with Crippen molar-refractivity contribution in [1.29, 1.82) is 0 Å². The lowest BCUT2D eigenvalue weighted by atomic mass is 10.3. The molecule has 0 aliphatic carbocycles. The fraction of sp³-hybridized carbons (Fsp3) is 0.889. The highest BCUT2D eigenvalue weighted by atomic mass is 79.9. The van der Waals surface area contributed by atoms with Gasteiger partial charge < -0.3 is 0 Å². The van der Waals surface area contributed by atoms with Gasteiger partial charge in [-0.3, -0.25) is 0 Å². The number of halogens is 1. The van der Waals surface area contributed by atoms with Gasteiger partial charge in [-0.05, 0) is 20.3 Å². The van der Waals surface area contributed by atoms with Gasteiger partial charge >= 0.3 is 0 Å². The van der Waals surface area contributed by atoms with E-state index in [1.54, 1.807) is 0 Å². The molecule has 0 amide bonds. The van der Waals surface area contributed by atoms with E-state index in [2.05, 4.69) is 47.5 Å². The average molecular weight is 221 g/mol. The standard InChI is InChI=1S/C9H19BrN/c1-4-7-9(10)8-11(5-2)6-3/h8-9H,4-7H2,1-3H3/q+1.